The molecule has 0 unspecified atom stereocenters. The number of benzene rings is 1. The molecule has 0 saturated heterocycles. The number of hydrogen-bond donors (Lipinski definition) is 0. The van der Waals surface area contributed by atoms with E-state index in [2.05, 4.69) is 0 Å². The molecule has 0 amide bonds. The molecule has 0 saturated carbocycles. The van der Waals surface area contributed by atoms with Gasteiger partial charge in [0.15, 0.2) is 0 Å². The van der Waals surface area contributed by atoms with E-state index in [4.69, 9.17) is 0 Å². The maximum absolute atomic E-state index is 12.7. The monoisotopic (exact) mass is 224 g/mol. The molecule has 1 aromatic carbocycles. The third kappa shape index (κ3) is 2.11. The zero-order chi connectivity index (χ0) is 10.9. The number of rotatable bonds is 2. The molecule has 0 aliphatic rings. The molecule has 0 aliphatic heterocycles. The smallest absolute Gasteiger partial charge is 0.255 e. The largest absolute Gasteiger partial charge is 0.335 e. The summed E-state index contributed by atoms with van der Waals surface area (Å²) in [6.45, 7) is 0. The molecule has 0 bridgehead atoms. The Morgan fingerprint density at radius 2 is 1.86 bits per heavy atom. The van der Waals surface area contributed by atoms with E-state index in [0.717, 1.165) is 0 Å². The molecule has 0 aliphatic carbocycles. The Kier molecular flexibility index (Phi) is 2.61. The first kappa shape index (κ1) is 10.7. The molecule has 0 heterocycles. The van der Waals surface area contributed by atoms with Gasteiger partial charge in [-0.3, -0.25) is 4.79 Å². The van der Waals surface area contributed by atoms with Crippen LogP contribution in [0.3, 0.4) is 0 Å². The molecule has 1 rings (SSSR count). The Morgan fingerprint density at radius 1 is 1.29 bits per heavy atom. The second-order valence-electron chi connectivity index (χ2n) is 2.36. The van der Waals surface area contributed by atoms with Crippen LogP contribution >= 0.6 is 0 Å². The van der Waals surface area contributed by atoms with Crippen molar-refractivity contribution in [3.8, 4) is 0 Å². The second-order valence-corrected chi connectivity index (χ2v) is 3.67. The maximum atomic E-state index is 12.7. The van der Waals surface area contributed by atoms with Crippen molar-refractivity contribution < 1.29 is 25.9 Å². The molecule has 0 N–H and O–H groups in total. The fourth-order valence-corrected chi connectivity index (χ4v) is 1.38. The van der Waals surface area contributed by atoms with Crippen molar-refractivity contribution in [2.75, 3.05) is 0 Å². The molecule has 0 radical (unpaired) electrons. The van der Waals surface area contributed by atoms with Crippen molar-refractivity contribution in [2.24, 2.45) is 0 Å². The summed E-state index contributed by atoms with van der Waals surface area (Å²) in [5.41, 5.74) is -0.720. The first-order valence-corrected chi connectivity index (χ1v) is 4.65. The minimum Gasteiger partial charge on any atom is -0.255 e. The first-order valence-electron chi connectivity index (χ1n) is 3.26. The molecule has 0 spiro atoms. The van der Waals surface area contributed by atoms with Gasteiger partial charge in [0.05, 0.1) is 5.56 Å². The highest BCUT2D eigenvalue weighted by Crippen LogP contribution is 2.18. The minimum atomic E-state index is -5.28. The third-order valence-electron chi connectivity index (χ3n) is 1.42. The summed E-state index contributed by atoms with van der Waals surface area (Å²) in [5.74, 6) is -1.38. The van der Waals surface area contributed by atoms with Crippen LogP contribution in [0, 0.1) is 5.82 Å². The molecule has 76 valence electrons. The SMILES string of the molecule is O=C(F)c1ccc(F)c(S(=O)(=O)F)c1. The quantitative estimate of drug-likeness (QED) is 0.717. The van der Waals surface area contributed by atoms with E-state index in [-0.39, 0.29) is 0 Å². The van der Waals surface area contributed by atoms with Gasteiger partial charge in [-0.25, -0.2) is 4.39 Å². The Hall–Kier alpha value is -1.37. The number of carbonyl (C=O) groups excluding carboxylic acids is 1. The average Bonchev–Trinajstić information content (AvgIpc) is 2.02. The van der Waals surface area contributed by atoms with Crippen LogP contribution in [0.15, 0.2) is 23.1 Å². The molecule has 7 heteroatoms. The van der Waals surface area contributed by atoms with E-state index >= 15 is 0 Å². The lowest BCUT2D eigenvalue weighted by Gasteiger charge is -1.98. The van der Waals surface area contributed by atoms with Gasteiger partial charge in [0, 0.05) is 0 Å². The fourth-order valence-electron chi connectivity index (χ4n) is 0.812. The summed E-state index contributed by atoms with van der Waals surface area (Å²) >= 11 is 0. The van der Waals surface area contributed by atoms with E-state index in [9.17, 15) is 25.9 Å². The Bertz CT molecular complexity index is 481. The standard InChI is InChI=1S/C7H3F3O3S/c8-5-2-1-4(7(9)11)3-6(5)14(10,12)13/h1-3H. The lowest BCUT2D eigenvalue weighted by Crippen LogP contribution is -2.00. The van der Waals surface area contributed by atoms with Crippen LogP contribution in [-0.4, -0.2) is 14.5 Å². The summed E-state index contributed by atoms with van der Waals surface area (Å²) in [4.78, 5) is 8.78. The fraction of sp³-hybridized carbons (Fsp3) is 0. The van der Waals surface area contributed by atoms with Crippen LogP contribution in [-0.2, 0) is 10.2 Å². The summed E-state index contributed by atoms with van der Waals surface area (Å²) in [5, 5.41) is 0. The van der Waals surface area contributed by atoms with Crippen molar-refractivity contribution in [3.05, 3.63) is 29.6 Å². The van der Waals surface area contributed by atoms with Crippen molar-refractivity contribution in [1.82, 2.24) is 0 Å². The normalized spacial score (nSPS) is 11.4. The molecular weight excluding hydrogens is 221 g/mol. The highest BCUT2D eigenvalue weighted by molar-refractivity contribution is 7.86. The van der Waals surface area contributed by atoms with Gasteiger partial charge in [-0.1, -0.05) is 0 Å². The van der Waals surface area contributed by atoms with Crippen LogP contribution in [0.4, 0.5) is 12.7 Å². The van der Waals surface area contributed by atoms with Crippen molar-refractivity contribution in [3.63, 3.8) is 0 Å². The first-order chi connectivity index (χ1) is 6.32. The van der Waals surface area contributed by atoms with Crippen LogP contribution in [0.5, 0.6) is 0 Å². The van der Waals surface area contributed by atoms with E-state index in [0.29, 0.717) is 18.2 Å². The van der Waals surface area contributed by atoms with Crippen LogP contribution < -0.4 is 0 Å². The minimum absolute atomic E-state index is 0.299. The Balaban J connectivity index is 3.44. The van der Waals surface area contributed by atoms with E-state index in [1.54, 1.807) is 0 Å². The van der Waals surface area contributed by atoms with Crippen molar-refractivity contribution in [2.45, 2.75) is 4.90 Å². The number of halogens is 3. The Morgan fingerprint density at radius 3 is 2.29 bits per heavy atom. The van der Waals surface area contributed by atoms with Gasteiger partial charge in [0.2, 0.25) is 0 Å². The topological polar surface area (TPSA) is 51.2 Å². The van der Waals surface area contributed by atoms with Gasteiger partial charge in [-0.15, -0.1) is 3.89 Å². The van der Waals surface area contributed by atoms with Gasteiger partial charge in [-0.05, 0) is 18.2 Å². The summed E-state index contributed by atoms with van der Waals surface area (Å²) < 4.78 is 57.6. The lowest BCUT2D eigenvalue weighted by atomic mass is 10.2. The summed E-state index contributed by atoms with van der Waals surface area (Å²) in [6.07, 6.45) is 0. The van der Waals surface area contributed by atoms with Crippen LogP contribution in [0.1, 0.15) is 10.4 Å². The van der Waals surface area contributed by atoms with E-state index in [1.165, 1.54) is 0 Å². The molecule has 14 heavy (non-hydrogen) atoms. The number of hydrogen-bond acceptors (Lipinski definition) is 3. The molecular formula is C7H3F3O3S. The number of carbonyl (C=O) groups is 1. The Labute approximate surface area is 77.4 Å². The van der Waals surface area contributed by atoms with Gasteiger partial charge in [0.1, 0.15) is 10.7 Å². The lowest BCUT2D eigenvalue weighted by molar-refractivity contribution is 0.0835. The average molecular weight is 224 g/mol. The maximum Gasteiger partial charge on any atom is 0.335 e. The molecule has 0 fully saturated rings. The highest BCUT2D eigenvalue weighted by atomic mass is 32.3. The molecule has 1 aromatic rings. The van der Waals surface area contributed by atoms with E-state index < -0.39 is 32.5 Å². The third-order valence-corrected chi connectivity index (χ3v) is 2.26. The van der Waals surface area contributed by atoms with E-state index in [1.807, 2.05) is 0 Å². The van der Waals surface area contributed by atoms with Crippen molar-refractivity contribution >= 4 is 16.3 Å². The van der Waals surface area contributed by atoms with Gasteiger partial charge in [-0.2, -0.15) is 12.8 Å². The molecule has 0 atom stereocenters. The van der Waals surface area contributed by atoms with Gasteiger partial charge >= 0.3 is 16.3 Å². The van der Waals surface area contributed by atoms with Gasteiger partial charge < -0.3 is 0 Å². The summed E-state index contributed by atoms with van der Waals surface area (Å²) in [7, 11) is -5.28. The zero-order valence-electron chi connectivity index (χ0n) is 6.50. The molecule has 3 nitrogen and oxygen atoms in total. The highest BCUT2D eigenvalue weighted by Gasteiger charge is 2.19. The summed E-state index contributed by atoms with van der Waals surface area (Å²) in [6, 6.07) is -0.451. The molecule has 0 aromatic heterocycles. The zero-order valence-corrected chi connectivity index (χ0v) is 7.32. The predicted molar refractivity (Wildman–Crippen MR) is 40.1 cm³/mol. The second kappa shape index (κ2) is 3.41. The predicted octanol–water partition coefficient (Wildman–Crippen LogP) is 1.59. The van der Waals surface area contributed by atoms with Gasteiger partial charge in [0.25, 0.3) is 0 Å². The van der Waals surface area contributed by atoms with Crippen LogP contribution in [0.25, 0.3) is 0 Å². The van der Waals surface area contributed by atoms with Crippen molar-refractivity contribution in [1.29, 1.82) is 0 Å². The van der Waals surface area contributed by atoms with Crippen LogP contribution in [0.2, 0.25) is 0 Å².